The van der Waals surface area contributed by atoms with Crippen LogP contribution in [0.25, 0.3) is 11.3 Å². The summed E-state index contributed by atoms with van der Waals surface area (Å²) in [6, 6.07) is 12.5. The van der Waals surface area contributed by atoms with Crippen LogP contribution in [0.3, 0.4) is 0 Å². The van der Waals surface area contributed by atoms with Gasteiger partial charge in [0.25, 0.3) is 0 Å². The molecule has 168 valence electrons. The van der Waals surface area contributed by atoms with Crippen LogP contribution in [-0.4, -0.2) is 28.6 Å². The van der Waals surface area contributed by atoms with Gasteiger partial charge in [-0.25, -0.2) is 4.79 Å². The fourth-order valence-corrected chi connectivity index (χ4v) is 3.20. The SMILES string of the molecule is O=C(O)[C@]1(Oc2ccc(OCc3cc(-c4ccc(C(F)(F)F)cc4)no3)cc2)CCCO1. The van der Waals surface area contributed by atoms with Crippen LogP contribution >= 0.6 is 0 Å². The summed E-state index contributed by atoms with van der Waals surface area (Å²) in [7, 11) is 0. The second-order valence-corrected chi connectivity index (χ2v) is 7.13. The zero-order chi connectivity index (χ0) is 22.8. The van der Waals surface area contributed by atoms with Crippen molar-refractivity contribution in [2.45, 2.75) is 31.4 Å². The Morgan fingerprint density at radius 1 is 1.09 bits per heavy atom. The summed E-state index contributed by atoms with van der Waals surface area (Å²) in [5.74, 6) is -1.67. The molecule has 1 fully saturated rings. The van der Waals surface area contributed by atoms with Crippen LogP contribution in [0.2, 0.25) is 0 Å². The highest BCUT2D eigenvalue weighted by Crippen LogP contribution is 2.32. The molecule has 0 aliphatic carbocycles. The molecule has 10 heteroatoms. The molecule has 0 radical (unpaired) electrons. The highest BCUT2D eigenvalue weighted by atomic mass is 19.4. The van der Waals surface area contributed by atoms with Gasteiger partial charge in [-0.15, -0.1) is 0 Å². The minimum absolute atomic E-state index is 0.0377. The van der Waals surface area contributed by atoms with Crippen LogP contribution in [-0.2, 0) is 22.3 Å². The average molecular weight is 449 g/mol. The lowest BCUT2D eigenvalue weighted by atomic mass is 10.1. The summed E-state index contributed by atoms with van der Waals surface area (Å²) in [5.41, 5.74) is 0.127. The van der Waals surface area contributed by atoms with Gasteiger partial charge in [0, 0.05) is 18.1 Å². The van der Waals surface area contributed by atoms with Gasteiger partial charge in [0.05, 0.1) is 12.2 Å². The van der Waals surface area contributed by atoms with Crippen LogP contribution in [0, 0.1) is 0 Å². The number of carboxylic acids is 1. The van der Waals surface area contributed by atoms with E-state index >= 15 is 0 Å². The van der Waals surface area contributed by atoms with Crippen molar-refractivity contribution in [2.24, 2.45) is 0 Å². The lowest BCUT2D eigenvalue weighted by Gasteiger charge is -2.24. The average Bonchev–Trinajstić information content (AvgIpc) is 3.43. The van der Waals surface area contributed by atoms with E-state index in [9.17, 15) is 23.1 Å². The molecule has 2 heterocycles. The van der Waals surface area contributed by atoms with E-state index < -0.39 is 23.5 Å². The van der Waals surface area contributed by atoms with Crippen LogP contribution in [0.4, 0.5) is 13.2 Å². The fraction of sp³-hybridized carbons (Fsp3) is 0.273. The fourth-order valence-electron chi connectivity index (χ4n) is 3.20. The third-order valence-electron chi connectivity index (χ3n) is 4.87. The summed E-state index contributed by atoms with van der Waals surface area (Å²) >= 11 is 0. The molecule has 1 aliphatic heterocycles. The number of ether oxygens (including phenoxy) is 3. The quantitative estimate of drug-likeness (QED) is 0.548. The molecule has 4 rings (SSSR count). The first-order valence-electron chi connectivity index (χ1n) is 9.68. The number of hydrogen-bond donors (Lipinski definition) is 1. The predicted octanol–water partition coefficient (Wildman–Crippen LogP) is 4.91. The van der Waals surface area contributed by atoms with Gasteiger partial charge < -0.3 is 23.8 Å². The molecule has 1 N–H and O–H groups in total. The molecule has 0 amide bonds. The van der Waals surface area contributed by atoms with Gasteiger partial charge in [-0.2, -0.15) is 13.2 Å². The molecule has 3 aromatic rings. The second kappa shape index (κ2) is 8.54. The Morgan fingerprint density at radius 3 is 2.38 bits per heavy atom. The van der Waals surface area contributed by atoms with E-state index in [1.165, 1.54) is 12.1 Å². The molecule has 0 unspecified atom stereocenters. The number of hydrogen-bond acceptors (Lipinski definition) is 6. The van der Waals surface area contributed by atoms with Gasteiger partial charge in [-0.3, -0.25) is 0 Å². The Morgan fingerprint density at radius 2 is 1.78 bits per heavy atom. The number of aliphatic carboxylic acids is 1. The number of carbonyl (C=O) groups is 1. The molecule has 2 aromatic carbocycles. The molecule has 1 saturated heterocycles. The maximum absolute atomic E-state index is 12.7. The molecule has 1 aromatic heterocycles. The zero-order valence-corrected chi connectivity index (χ0v) is 16.6. The maximum atomic E-state index is 12.7. The van der Waals surface area contributed by atoms with Gasteiger partial charge >= 0.3 is 17.9 Å². The summed E-state index contributed by atoms with van der Waals surface area (Å²) in [5, 5.41) is 13.2. The molecule has 0 bridgehead atoms. The highest BCUT2D eigenvalue weighted by Gasteiger charge is 2.46. The Kier molecular flexibility index (Phi) is 5.79. The monoisotopic (exact) mass is 449 g/mol. The molecule has 0 spiro atoms. The predicted molar refractivity (Wildman–Crippen MR) is 104 cm³/mol. The summed E-state index contributed by atoms with van der Waals surface area (Å²) in [6.45, 7) is 0.356. The third-order valence-corrected chi connectivity index (χ3v) is 4.87. The van der Waals surface area contributed by atoms with Gasteiger partial charge in [-0.1, -0.05) is 17.3 Å². The van der Waals surface area contributed by atoms with E-state index in [4.69, 9.17) is 18.7 Å². The summed E-state index contributed by atoms with van der Waals surface area (Å²) in [4.78, 5) is 11.5. The van der Waals surface area contributed by atoms with E-state index in [2.05, 4.69) is 5.16 Å². The first-order valence-corrected chi connectivity index (χ1v) is 9.68. The summed E-state index contributed by atoms with van der Waals surface area (Å²) < 4.78 is 59.7. The van der Waals surface area contributed by atoms with E-state index in [0.717, 1.165) is 12.1 Å². The van der Waals surface area contributed by atoms with Crippen molar-refractivity contribution in [3.8, 4) is 22.8 Å². The number of halogens is 3. The molecule has 32 heavy (non-hydrogen) atoms. The van der Waals surface area contributed by atoms with Crippen molar-refractivity contribution in [1.29, 1.82) is 0 Å². The van der Waals surface area contributed by atoms with Crippen molar-refractivity contribution in [3.63, 3.8) is 0 Å². The highest BCUT2D eigenvalue weighted by molar-refractivity contribution is 5.76. The molecule has 7 nitrogen and oxygen atoms in total. The molecular weight excluding hydrogens is 431 g/mol. The number of aromatic nitrogens is 1. The van der Waals surface area contributed by atoms with Gasteiger partial charge in [-0.05, 0) is 42.8 Å². The molecule has 0 saturated carbocycles. The maximum Gasteiger partial charge on any atom is 0.416 e. The summed E-state index contributed by atoms with van der Waals surface area (Å²) in [6.07, 6.45) is -3.55. The minimum Gasteiger partial charge on any atom is -0.486 e. The van der Waals surface area contributed by atoms with Crippen molar-refractivity contribution < 1.29 is 41.8 Å². The Balaban J connectivity index is 1.35. The Bertz CT molecular complexity index is 1070. The molecular formula is C22H18F3NO6. The normalized spacial score (nSPS) is 18.5. The number of rotatable bonds is 7. The lowest BCUT2D eigenvalue weighted by Crippen LogP contribution is -2.43. The van der Waals surface area contributed by atoms with E-state index in [-0.39, 0.29) is 13.0 Å². The van der Waals surface area contributed by atoms with Crippen LogP contribution in [0.5, 0.6) is 11.5 Å². The largest absolute Gasteiger partial charge is 0.486 e. The molecule has 1 aliphatic rings. The van der Waals surface area contributed by atoms with Crippen molar-refractivity contribution in [1.82, 2.24) is 5.16 Å². The van der Waals surface area contributed by atoms with Gasteiger partial charge in [0.1, 0.15) is 23.8 Å². The first-order chi connectivity index (χ1) is 15.2. The second-order valence-electron chi connectivity index (χ2n) is 7.13. The van der Waals surface area contributed by atoms with Crippen molar-refractivity contribution in [2.75, 3.05) is 6.61 Å². The first kappa shape index (κ1) is 21.7. The van der Waals surface area contributed by atoms with E-state index in [1.807, 2.05) is 0 Å². The topological polar surface area (TPSA) is 91.0 Å². The van der Waals surface area contributed by atoms with Crippen LogP contribution in [0.15, 0.2) is 59.1 Å². The van der Waals surface area contributed by atoms with E-state index in [0.29, 0.717) is 41.5 Å². The lowest BCUT2D eigenvalue weighted by molar-refractivity contribution is -0.197. The number of nitrogens with zero attached hydrogens (tertiary/aromatic N) is 1. The number of alkyl halides is 3. The standard InChI is InChI=1S/C22H18F3NO6/c23-22(24,25)15-4-2-14(3-5-15)19-12-18(32-26-19)13-29-16-6-8-17(9-7-16)31-21(20(27)28)10-1-11-30-21/h2-9,12H,1,10-11,13H2,(H,27,28)/t21-/m1/s1. The van der Waals surface area contributed by atoms with Crippen molar-refractivity contribution in [3.05, 3.63) is 65.9 Å². The third kappa shape index (κ3) is 4.70. The van der Waals surface area contributed by atoms with Gasteiger partial charge in [0.15, 0.2) is 5.76 Å². The zero-order valence-electron chi connectivity index (χ0n) is 16.6. The Labute approximate surface area is 180 Å². The van der Waals surface area contributed by atoms with Gasteiger partial charge in [0.2, 0.25) is 0 Å². The number of carboxylic acid groups (broad SMARTS) is 1. The minimum atomic E-state index is -4.40. The molecule has 1 atom stereocenters. The van der Waals surface area contributed by atoms with E-state index in [1.54, 1.807) is 30.3 Å². The van der Waals surface area contributed by atoms with Crippen molar-refractivity contribution >= 4 is 5.97 Å². The Hall–Kier alpha value is -3.53. The smallest absolute Gasteiger partial charge is 0.416 e. The van der Waals surface area contributed by atoms with Crippen LogP contribution in [0.1, 0.15) is 24.2 Å². The number of benzene rings is 2. The van der Waals surface area contributed by atoms with Crippen LogP contribution < -0.4 is 9.47 Å².